The maximum absolute atomic E-state index is 11.5. The summed E-state index contributed by atoms with van der Waals surface area (Å²) >= 11 is 0. The van der Waals surface area contributed by atoms with Gasteiger partial charge in [0.25, 0.3) is 0 Å². The number of hydrazine groups is 1. The van der Waals surface area contributed by atoms with Crippen LogP contribution < -0.4 is 0 Å². The zero-order chi connectivity index (χ0) is 23.6. The van der Waals surface area contributed by atoms with E-state index in [-0.39, 0.29) is 39.3 Å². The van der Waals surface area contributed by atoms with Gasteiger partial charge < -0.3 is 25.5 Å². The van der Waals surface area contributed by atoms with Gasteiger partial charge >= 0.3 is 29.8 Å². The Bertz CT molecular complexity index is 713. The van der Waals surface area contributed by atoms with E-state index < -0.39 is 55.5 Å². The van der Waals surface area contributed by atoms with Gasteiger partial charge in [0.1, 0.15) is 13.1 Å². The molecule has 1 unspecified atom stereocenters. The van der Waals surface area contributed by atoms with Crippen LogP contribution in [0.5, 0.6) is 0 Å². The number of carbonyl (C=O) groups is 5. The molecule has 1 aliphatic heterocycles. The third-order valence-electron chi connectivity index (χ3n) is 4.39. The molecule has 0 amide bonds. The molecule has 14 heteroatoms. The van der Waals surface area contributed by atoms with Gasteiger partial charge in [0, 0.05) is 38.8 Å². The maximum atomic E-state index is 11.5. The zero-order valence-electron chi connectivity index (χ0n) is 16.7. The van der Waals surface area contributed by atoms with Crippen LogP contribution >= 0.6 is 0 Å². The third kappa shape index (κ3) is 10.5. The van der Waals surface area contributed by atoms with Gasteiger partial charge in [-0.1, -0.05) is 6.08 Å². The van der Waals surface area contributed by atoms with Gasteiger partial charge in [0.2, 0.25) is 0 Å². The molecule has 1 fully saturated rings. The summed E-state index contributed by atoms with van der Waals surface area (Å²) in [5.41, 5.74) is 0. The third-order valence-corrected chi connectivity index (χ3v) is 4.39. The van der Waals surface area contributed by atoms with Gasteiger partial charge in [0.15, 0.2) is 0 Å². The van der Waals surface area contributed by atoms with Crippen molar-refractivity contribution in [3.05, 3.63) is 12.2 Å². The molecule has 0 aromatic carbocycles. The lowest BCUT2D eigenvalue weighted by Crippen LogP contribution is -2.58. The van der Waals surface area contributed by atoms with E-state index in [2.05, 4.69) is 0 Å². The Kier molecular flexibility index (Phi) is 10.5. The van der Waals surface area contributed by atoms with Crippen LogP contribution in [-0.2, 0) is 24.0 Å². The highest BCUT2D eigenvalue weighted by molar-refractivity contribution is 5.79. The highest BCUT2D eigenvalue weighted by atomic mass is 16.4. The standard InChI is InChI=1S/C17H26N4O10/c22-13(23)2-1-12-7-19(9-15(26)27)4-3-18(8-14(24)25)5-6-20(10-16(28)29)21(12)11-17(30)31/h1-2,12H,3-11H2,(H,22,23)(H,24,25)(H,26,27)(H,28,29)(H,30,31). The Morgan fingerprint density at radius 1 is 0.677 bits per heavy atom. The van der Waals surface area contributed by atoms with Crippen LogP contribution in [0.4, 0.5) is 0 Å². The van der Waals surface area contributed by atoms with E-state index in [0.717, 1.165) is 11.1 Å². The second-order valence-electron chi connectivity index (χ2n) is 6.84. The molecular formula is C17H26N4O10. The predicted octanol–water partition coefficient (Wildman–Crippen LogP) is -2.53. The summed E-state index contributed by atoms with van der Waals surface area (Å²) in [6.45, 7) is -1.95. The number of nitrogens with zero attached hydrogens (tertiary/aromatic N) is 4. The van der Waals surface area contributed by atoms with Crippen molar-refractivity contribution in [2.45, 2.75) is 6.04 Å². The first kappa shape index (κ1) is 26.0. The first-order valence-corrected chi connectivity index (χ1v) is 9.22. The summed E-state index contributed by atoms with van der Waals surface area (Å²) < 4.78 is 0. The fourth-order valence-corrected chi connectivity index (χ4v) is 3.16. The van der Waals surface area contributed by atoms with Crippen molar-refractivity contribution in [1.29, 1.82) is 0 Å². The summed E-state index contributed by atoms with van der Waals surface area (Å²) in [6, 6.07) is -0.961. The molecule has 0 aliphatic carbocycles. The number of carboxylic acids is 5. The Hall–Kier alpha value is -3.07. The quantitative estimate of drug-likeness (QED) is 0.220. The minimum absolute atomic E-state index is 0.0385. The van der Waals surface area contributed by atoms with Gasteiger partial charge in [-0.3, -0.25) is 29.0 Å². The predicted molar refractivity (Wildman–Crippen MR) is 102 cm³/mol. The fraction of sp³-hybridized carbons (Fsp3) is 0.588. The second-order valence-corrected chi connectivity index (χ2v) is 6.84. The lowest BCUT2D eigenvalue weighted by atomic mass is 10.2. The van der Waals surface area contributed by atoms with E-state index in [4.69, 9.17) is 10.2 Å². The fourth-order valence-electron chi connectivity index (χ4n) is 3.16. The summed E-state index contributed by atoms with van der Waals surface area (Å²) in [5.74, 6) is -6.21. The van der Waals surface area contributed by atoms with Crippen molar-refractivity contribution in [3.63, 3.8) is 0 Å². The van der Waals surface area contributed by atoms with E-state index in [1.54, 1.807) is 0 Å². The number of hydrogen-bond donors (Lipinski definition) is 5. The molecule has 14 nitrogen and oxygen atoms in total. The Morgan fingerprint density at radius 3 is 1.68 bits per heavy atom. The molecular weight excluding hydrogens is 420 g/mol. The van der Waals surface area contributed by atoms with Crippen molar-refractivity contribution >= 4 is 29.8 Å². The summed E-state index contributed by atoms with van der Waals surface area (Å²) in [4.78, 5) is 59.1. The number of hydrogen-bond acceptors (Lipinski definition) is 9. The van der Waals surface area contributed by atoms with Gasteiger partial charge in [-0.15, -0.1) is 0 Å². The van der Waals surface area contributed by atoms with Crippen LogP contribution in [0.15, 0.2) is 12.2 Å². The second kappa shape index (κ2) is 12.6. The molecule has 1 atom stereocenters. The van der Waals surface area contributed by atoms with Crippen LogP contribution in [0.25, 0.3) is 0 Å². The van der Waals surface area contributed by atoms with Gasteiger partial charge in [-0.2, -0.15) is 0 Å². The molecule has 5 N–H and O–H groups in total. The normalized spacial score (nSPS) is 20.5. The van der Waals surface area contributed by atoms with E-state index in [1.807, 2.05) is 0 Å². The Labute approximate surface area is 177 Å². The number of rotatable bonds is 10. The van der Waals surface area contributed by atoms with Crippen molar-refractivity contribution < 1.29 is 49.5 Å². The molecule has 0 spiro atoms. The minimum atomic E-state index is -1.31. The van der Waals surface area contributed by atoms with Crippen molar-refractivity contribution in [1.82, 2.24) is 19.8 Å². The van der Waals surface area contributed by atoms with Crippen molar-refractivity contribution in [3.8, 4) is 0 Å². The smallest absolute Gasteiger partial charge is 0.328 e. The van der Waals surface area contributed by atoms with Gasteiger partial charge in [-0.05, 0) is 0 Å². The minimum Gasteiger partial charge on any atom is -0.480 e. The number of carboxylic acid groups (broad SMARTS) is 5. The highest BCUT2D eigenvalue weighted by Crippen LogP contribution is 2.12. The van der Waals surface area contributed by atoms with E-state index in [0.29, 0.717) is 0 Å². The molecule has 0 aromatic heterocycles. The topological polar surface area (TPSA) is 199 Å². The lowest BCUT2D eigenvalue weighted by Gasteiger charge is -2.41. The van der Waals surface area contributed by atoms with E-state index in [9.17, 15) is 39.3 Å². The van der Waals surface area contributed by atoms with Crippen molar-refractivity contribution in [2.75, 3.05) is 58.9 Å². The van der Waals surface area contributed by atoms with Crippen LogP contribution in [0, 0.1) is 0 Å². The molecule has 0 radical (unpaired) electrons. The monoisotopic (exact) mass is 446 g/mol. The summed E-state index contributed by atoms with van der Waals surface area (Å²) in [7, 11) is 0. The molecule has 174 valence electrons. The van der Waals surface area contributed by atoms with Crippen LogP contribution in [0.3, 0.4) is 0 Å². The molecule has 1 saturated heterocycles. The van der Waals surface area contributed by atoms with E-state index >= 15 is 0 Å². The summed E-state index contributed by atoms with van der Waals surface area (Å²) in [5, 5.41) is 48.2. The van der Waals surface area contributed by atoms with E-state index in [1.165, 1.54) is 20.9 Å². The molecule has 0 bridgehead atoms. The van der Waals surface area contributed by atoms with Gasteiger partial charge in [-0.25, -0.2) is 14.8 Å². The highest BCUT2D eigenvalue weighted by Gasteiger charge is 2.30. The Balaban J connectivity index is 3.37. The number of aliphatic carboxylic acids is 5. The van der Waals surface area contributed by atoms with Gasteiger partial charge in [0.05, 0.1) is 19.1 Å². The average molecular weight is 446 g/mol. The van der Waals surface area contributed by atoms with Crippen LogP contribution in [0.2, 0.25) is 0 Å². The summed E-state index contributed by atoms with van der Waals surface area (Å²) in [6.07, 6.45) is 1.95. The lowest BCUT2D eigenvalue weighted by molar-refractivity contribution is -0.157. The molecule has 1 aliphatic rings. The molecule has 0 aromatic rings. The Morgan fingerprint density at radius 2 is 1.16 bits per heavy atom. The zero-order valence-corrected chi connectivity index (χ0v) is 16.7. The van der Waals surface area contributed by atoms with Crippen LogP contribution in [-0.4, -0.2) is 140 Å². The average Bonchev–Trinajstić information content (AvgIpc) is 2.62. The SMILES string of the molecule is O=C(O)C=CC1CN(CC(=O)O)CCN(CC(=O)O)CCN(CC(=O)O)N1CC(=O)O. The largest absolute Gasteiger partial charge is 0.480 e. The molecule has 31 heavy (non-hydrogen) atoms. The maximum Gasteiger partial charge on any atom is 0.328 e. The molecule has 0 saturated carbocycles. The first-order chi connectivity index (χ1) is 14.5. The van der Waals surface area contributed by atoms with Crippen LogP contribution in [0.1, 0.15) is 0 Å². The molecule has 1 rings (SSSR count). The first-order valence-electron chi connectivity index (χ1n) is 9.22. The molecule has 1 heterocycles. The van der Waals surface area contributed by atoms with Crippen molar-refractivity contribution in [2.24, 2.45) is 0 Å².